The zero-order chi connectivity index (χ0) is 20.7. The van der Waals surface area contributed by atoms with Gasteiger partial charge in [-0.3, -0.25) is 0 Å². The van der Waals surface area contributed by atoms with Gasteiger partial charge in [0.25, 0.3) is 0 Å². The van der Waals surface area contributed by atoms with Crippen LogP contribution in [0, 0.1) is 0 Å². The fourth-order valence-corrected chi connectivity index (χ4v) is 1.06. The SMILES string of the molecule is O=C(O)C=CC(=O)O.O=C(O)c1ccccc1C(=O)O.OCC(O)CO. The number of benzene rings is 1. The Hall–Kier alpha value is -3.28. The lowest BCUT2D eigenvalue weighted by Crippen LogP contribution is -2.15. The van der Waals surface area contributed by atoms with Gasteiger partial charge in [-0.15, -0.1) is 0 Å². The zero-order valence-electron chi connectivity index (χ0n) is 13.2. The number of carbonyl (C=O) groups is 4. The highest BCUT2D eigenvalue weighted by Crippen LogP contribution is 2.07. The van der Waals surface area contributed by atoms with E-state index in [9.17, 15) is 19.2 Å². The Labute approximate surface area is 146 Å². The Morgan fingerprint density at radius 1 is 0.769 bits per heavy atom. The molecule has 0 saturated carbocycles. The molecule has 0 aliphatic rings. The molecular weight excluding hydrogens is 356 g/mol. The molecule has 0 spiro atoms. The van der Waals surface area contributed by atoms with Crippen molar-refractivity contribution in [3.05, 3.63) is 47.5 Å². The molecule has 0 atom stereocenters. The van der Waals surface area contributed by atoms with Gasteiger partial charge >= 0.3 is 23.9 Å². The van der Waals surface area contributed by atoms with Crippen LogP contribution in [0.3, 0.4) is 0 Å². The Morgan fingerprint density at radius 2 is 1.08 bits per heavy atom. The highest BCUT2D eigenvalue weighted by Gasteiger charge is 2.13. The van der Waals surface area contributed by atoms with Crippen molar-refractivity contribution < 1.29 is 54.9 Å². The van der Waals surface area contributed by atoms with Crippen LogP contribution in [-0.4, -0.2) is 78.9 Å². The molecule has 1 aromatic rings. The number of aliphatic hydroxyl groups excluding tert-OH is 3. The van der Waals surface area contributed by atoms with Gasteiger partial charge in [-0.05, 0) is 12.1 Å². The number of rotatable bonds is 6. The summed E-state index contributed by atoms with van der Waals surface area (Å²) in [6, 6.07) is 5.48. The second-order valence-corrected chi connectivity index (χ2v) is 4.18. The summed E-state index contributed by atoms with van der Waals surface area (Å²) in [6.45, 7) is -0.729. The maximum atomic E-state index is 10.5. The fraction of sp³-hybridized carbons (Fsp3) is 0.200. The third kappa shape index (κ3) is 13.2. The summed E-state index contributed by atoms with van der Waals surface area (Å²) in [5, 5.41) is 56.7. The number of carboxylic acids is 4. The lowest BCUT2D eigenvalue weighted by Gasteiger charge is -1.98. The van der Waals surface area contributed by atoms with Gasteiger partial charge in [0.15, 0.2) is 0 Å². The molecule has 0 aromatic heterocycles. The maximum Gasteiger partial charge on any atom is 0.336 e. The molecule has 0 amide bonds. The molecule has 11 heteroatoms. The van der Waals surface area contributed by atoms with E-state index in [1.54, 1.807) is 0 Å². The van der Waals surface area contributed by atoms with Crippen molar-refractivity contribution in [2.24, 2.45) is 0 Å². The average molecular weight is 374 g/mol. The molecule has 0 unspecified atom stereocenters. The summed E-state index contributed by atoms with van der Waals surface area (Å²) in [5.41, 5.74) is -0.380. The summed E-state index contributed by atoms with van der Waals surface area (Å²) in [4.78, 5) is 40.0. The molecule has 0 aliphatic heterocycles. The first-order valence-electron chi connectivity index (χ1n) is 6.66. The van der Waals surface area contributed by atoms with Crippen molar-refractivity contribution in [2.75, 3.05) is 13.2 Å². The van der Waals surface area contributed by atoms with Gasteiger partial charge in [0.05, 0.1) is 24.3 Å². The summed E-state index contributed by atoms with van der Waals surface area (Å²) >= 11 is 0. The van der Waals surface area contributed by atoms with Crippen molar-refractivity contribution in [3.8, 4) is 0 Å². The molecular formula is C15H18O11. The van der Waals surface area contributed by atoms with E-state index >= 15 is 0 Å². The molecule has 11 nitrogen and oxygen atoms in total. The second kappa shape index (κ2) is 14.1. The lowest BCUT2D eigenvalue weighted by atomic mass is 10.1. The molecule has 144 valence electrons. The molecule has 26 heavy (non-hydrogen) atoms. The van der Waals surface area contributed by atoms with Crippen LogP contribution in [-0.2, 0) is 9.59 Å². The second-order valence-electron chi connectivity index (χ2n) is 4.18. The first-order valence-corrected chi connectivity index (χ1v) is 6.66. The van der Waals surface area contributed by atoms with Crippen LogP contribution in [0.1, 0.15) is 20.7 Å². The first-order chi connectivity index (χ1) is 12.1. The smallest absolute Gasteiger partial charge is 0.336 e. The van der Waals surface area contributed by atoms with Crippen LogP contribution in [0.5, 0.6) is 0 Å². The maximum absolute atomic E-state index is 10.5. The van der Waals surface area contributed by atoms with Crippen LogP contribution in [0.4, 0.5) is 0 Å². The summed E-state index contributed by atoms with van der Waals surface area (Å²) in [7, 11) is 0. The number of carboxylic acid groups (broad SMARTS) is 4. The van der Waals surface area contributed by atoms with Crippen molar-refractivity contribution in [2.45, 2.75) is 6.10 Å². The van der Waals surface area contributed by atoms with Crippen molar-refractivity contribution in [1.82, 2.24) is 0 Å². The monoisotopic (exact) mass is 374 g/mol. The van der Waals surface area contributed by atoms with Gasteiger partial charge in [0, 0.05) is 12.2 Å². The number of aromatic carboxylic acids is 2. The summed E-state index contributed by atoms with van der Waals surface area (Å²) in [6.07, 6.45) is 0.162. The lowest BCUT2D eigenvalue weighted by molar-refractivity contribution is -0.134. The minimum absolute atomic E-state index is 0.190. The molecule has 1 rings (SSSR count). The molecule has 0 heterocycles. The van der Waals surface area contributed by atoms with Crippen LogP contribution >= 0.6 is 0 Å². The van der Waals surface area contributed by atoms with Gasteiger partial charge in [0.1, 0.15) is 6.10 Å². The number of aliphatic hydroxyl groups is 3. The quantitative estimate of drug-likeness (QED) is 0.304. The largest absolute Gasteiger partial charge is 0.478 e. The summed E-state index contributed by atoms with van der Waals surface area (Å²) in [5.74, 6) is -4.97. The minimum Gasteiger partial charge on any atom is -0.478 e. The van der Waals surface area contributed by atoms with E-state index in [1.807, 2.05) is 0 Å². The van der Waals surface area contributed by atoms with Crippen molar-refractivity contribution in [3.63, 3.8) is 0 Å². The fourth-order valence-electron chi connectivity index (χ4n) is 1.06. The highest BCUT2D eigenvalue weighted by atomic mass is 16.4. The van der Waals surface area contributed by atoms with Crippen LogP contribution in [0.25, 0.3) is 0 Å². The molecule has 0 saturated heterocycles. The van der Waals surface area contributed by atoms with Gasteiger partial charge in [-0.25, -0.2) is 19.2 Å². The molecule has 0 radical (unpaired) electrons. The highest BCUT2D eigenvalue weighted by molar-refractivity contribution is 6.01. The zero-order valence-corrected chi connectivity index (χ0v) is 13.2. The molecule has 0 aliphatic carbocycles. The van der Waals surface area contributed by atoms with Crippen molar-refractivity contribution >= 4 is 23.9 Å². The molecule has 1 aromatic carbocycles. The number of hydrogen-bond donors (Lipinski definition) is 7. The van der Waals surface area contributed by atoms with E-state index in [0.29, 0.717) is 12.2 Å². The van der Waals surface area contributed by atoms with Gasteiger partial charge in [-0.2, -0.15) is 0 Å². The van der Waals surface area contributed by atoms with Gasteiger partial charge in [-0.1, -0.05) is 12.1 Å². The Kier molecular flexibility index (Phi) is 13.5. The Balaban J connectivity index is 0. The van der Waals surface area contributed by atoms with Crippen LogP contribution < -0.4 is 0 Å². The first kappa shape index (κ1) is 25.0. The summed E-state index contributed by atoms with van der Waals surface area (Å²) < 4.78 is 0. The third-order valence-electron chi connectivity index (χ3n) is 2.18. The van der Waals surface area contributed by atoms with E-state index in [0.717, 1.165) is 0 Å². The number of aliphatic carboxylic acids is 2. The van der Waals surface area contributed by atoms with E-state index < -0.39 is 30.0 Å². The van der Waals surface area contributed by atoms with Crippen molar-refractivity contribution in [1.29, 1.82) is 0 Å². The average Bonchev–Trinajstić information content (AvgIpc) is 2.60. The van der Waals surface area contributed by atoms with Gasteiger partial charge in [0.2, 0.25) is 0 Å². The number of hydrogen-bond acceptors (Lipinski definition) is 7. The minimum atomic E-state index is -1.26. The normalized spacial score (nSPS) is 9.54. The van der Waals surface area contributed by atoms with Crippen LogP contribution in [0.15, 0.2) is 36.4 Å². The van der Waals surface area contributed by atoms with E-state index in [1.165, 1.54) is 24.3 Å². The Bertz CT molecular complexity index is 583. The van der Waals surface area contributed by atoms with Crippen LogP contribution in [0.2, 0.25) is 0 Å². The standard InChI is InChI=1S/C8H6O4.C4H4O4.C3H8O3/c9-7(10)5-3-1-2-4-6(5)8(11)12;5-3(6)1-2-4(7)8;4-1-3(6)2-5/h1-4H,(H,9,10)(H,11,12);1-2H,(H,5,6)(H,7,8);3-6H,1-2H2. The predicted octanol–water partition coefficient (Wildman–Crippen LogP) is -0.873. The Morgan fingerprint density at radius 3 is 1.23 bits per heavy atom. The third-order valence-corrected chi connectivity index (χ3v) is 2.18. The van der Waals surface area contributed by atoms with E-state index in [4.69, 9.17) is 35.7 Å². The molecule has 0 fully saturated rings. The molecule has 0 bridgehead atoms. The van der Waals surface area contributed by atoms with E-state index in [2.05, 4.69) is 0 Å². The van der Waals surface area contributed by atoms with E-state index in [-0.39, 0.29) is 24.3 Å². The predicted molar refractivity (Wildman–Crippen MR) is 85.0 cm³/mol. The van der Waals surface area contributed by atoms with Gasteiger partial charge < -0.3 is 35.7 Å². The topological polar surface area (TPSA) is 210 Å². The molecule has 7 N–H and O–H groups in total.